The zero-order valence-corrected chi connectivity index (χ0v) is 17.7. The number of amides is 1. The third kappa shape index (κ3) is 4.17. The molecule has 1 aliphatic carbocycles. The van der Waals surface area contributed by atoms with Crippen LogP contribution in [0.3, 0.4) is 0 Å². The van der Waals surface area contributed by atoms with Gasteiger partial charge < -0.3 is 14.8 Å². The van der Waals surface area contributed by atoms with Gasteiger partial charge in [0.2, 0.25) is 0 Å². The van der Waals surface area contributed by atoms with Crippen LogP contribution in [0.5, 0.6) is 11.5 Å². The molecule has 1 amide bonds. The number of anilines is 1. The summed E-state index contributed by atoms with van der Waals surface area (Å²) >= 11 is 0. The van der Waals surface area contributed by atoms with Gasteiger partial charge in [-0.15, -0.1) is 0 Å². The molecule has 1 heterocycles. The largest absolute Gasteiger partial charge is 0.486 e. The van der Waals surface area contributed by atoms with E-state index in [1.54, 1.807) is 48.0 Å². The number of ether oxygens (including phenoxy) is 2. The van der Waals surface area contributed by atoms with Crippen LogP contribution in [-0.4, -0.2) is 24.3 Å². The van der Waals surface area contributed by atoms with Crippen LogP contribution in [0.15, 0.2) is 60.3 Å². The minimum Gasteiger partial charge on any atom is -0.486 e. The zero-order chi connectivity index (χ0) is 23.9. The van der Waals surface area contributed by atoms with E-state index in [9.17, 15) is 18.0 Å². The highest BCUT2D eigenvalue weighted by atomic mass is 19.4. The topological polar surface area (TPSA) is 79.8 Å². The summed E-state index contributed by atoms with van der Waals surface area (Å²) in [5, 5.41) is 12.0. The van der Waals surface area contributed by atoms with Crippen LogP contribution in [0, 0.1) is 0 Å². The highest BCUT2D eigenvalue weighted by Crippen LogP contribution is 2.43. The molecule has 3 aromatic carbocycles. The van der Waals surface area contributed by atoms with Gasteiger partial charge in [-0.1, -0.05) is 12.1 Å². The molecule has 1 aliphatic heterocycles. The molecule has 34 heavy (non-hydrogen) atoms. The Hall–Kier alpha value is -3.98. The van der Waals surface area contributed by atoms with Crippen molar-refractivity contribution in [2.75, 3.05) is 18.5 Å². The van der Waals surface area contributed by atoms with Crippen molar-refractivity contribution in [1.82, 2.24) is 5.48 Å². The molecule has 0 fully saturated rings. The quantitative estimate of drug-likeness (QED) is 0.359. The molecule has 0 saturated carbocycles. The number of allylic oxidation sites excluding steroid dienone is 1. The van der Waals surface area contributed by atoms with Crippen LogP contribution < -0.4 is 20.3 Å². The van der Waals surface area contributed by atoms with Crippen molar-refractivity contribution >= 4 is 17.7 Å². The standard InChI is InChI=1S/C25H19F3N2O4/c26-25(27,28)21-12-17-10-19(29-18-3-1-2-15(8-18)24(31)30-32)9-16(17)11-20(21)14-4-5-22-23(13-14)34-7-6-33-22/h1-5,8,10-13,29,32H,6-7,9H2,(H,30,31). The van der Waals surface area contributed by atoms with Gasteiger partial charge in [0.25, 0.3) is 5.91 Å². The fourth-order valence-corrected chi connectivity index (χ4v) is 4.15. The summed E-state index contributed by atoms with van der Waals surface area (Å²) in [6, 6.07) is 13.9. The van der Waals surface area contributed by atoms with E-state index in [2.05, 4.69) is 5.32 Å². The number of fused-ring (bicyclic) bond motifs is 2. The average molecular weight is 468 g/mol. The molecule has 0 saturated heterocycles. The minimum atomic E-state index is -4.55. The third-order valence-electron chi connectivity index (χ3n) is 5.68. The number of rotatable bonds is 4. The third-order valence-corrected chi connectivity index (χ3v) is 5.68. The van der Waals surface area contributed by atoms with E-state index in [1.807, 2.05) is 0 Å². The van der Waals surface area contributed by atoms with Crippen LogP contribution in [-0.2, 0) is 12.6 Å². The number of carbonyl (C=O) groups is 1. The lowest BCUT2D eigenvalue weighted by atomic mass is 9.94. The summed E-state index contributed by atoms with van der Waals surface area (Å²) in [5.74, 6) is 0.269. The molecule has 6 nitrogen and oxygen atoms in total. The average Bonchev–Trinajstić information content (AvgIpc) is 3.23. The molecule has 0 bridgehead atoms. The van der Waals surface area contributed by atoms with Crippen LogP contribution in [0.25, 0.3) is 17.2 Å². The predicted molar refractivity (Wildman–Crippen MR) is 119 cm³/mol. The second-order valence-electron chi connectivity index (χ2n) is 7.95. The second-order valence-corrected chi connectivity index (χ2v) is 7.95. The fourth-order valence-electron chi connectivity index (χ4n) is 4.15. The molecule has 0 unspecified atom stereocenters. The maximum Gasteiger partial charge on any atom is 0.417 e. The molecule has 3 N–H and O–H groups in total. The van der Waals surface area contributed by atoms with Gasteiger partial charge in [0.1, 0.15) is 13.2 Å². The predicted octanol–water partition coefficient (Wildman–Crippen LogP) is 5.27. The Bertz CT molecular complexity index is 1320. The van der Waals surface area contributed by atoms with Crippen molar-refractivity contribution in [2.45, 2.75) is 12.6 Å². The van der Waals surface area contributed by atoms with Crippen LogP contribution in [0.4, 0.5) is 18.9 Å². The Balaban J connectivity index is 1.48. The molecular weight excluding hydrogens is 449 g/mol. The SMILES string of the molecule is O=C(NO)c1cccc(NC2=Cc3cc(C(F)(F)F)c(-c4ccc5c(c4)OCCO5)cc3C2)c1. The van der Waals surface area contributed by atoms with Crippen LogP contribution in [0.2, 0.25) is 0 Å². The van der Waals surface area contributed by atoms with E-state index in [4.69, 9.17) is 14.7 Å². The van der Waals surface area contributed by atoms with Gasteiger partial charge in [-0.3, -0.25) is 10.0 Å². The lowest BCUT2D eigenvalue weighted by molar-refractivity contribution is -0.137. The monoisotopic (exact) mass is 468 g/mol. The first-order valence-corrected chi connectivity index (χ1v) is 10.5. The Morgan fingerprint density at radius 1 is 0.971 bits per heavy atom. The number of alkyl halides is 3. The van der Waals surface area contributed by atoms with Crippen molar-refractivity contribution < 1.29 is 32.6 Å². The number of nitrogens with one attached hydrogen (secondary N) is 2. The Kier molecular flexibility index (Phi) is 5.41. The molecule has 9 heteroatoms. The molecule has 0 aromatic heterocycles. The molecule has 5 rings (SSSR count). The number of hydroxylamine groups is 1. The van der Waals surface area contributed by atoms with E-state index in [1.165, 1.54) is 12.1 Å². The van der Waals surface area contributed by atoms with Crippen LogP contribution >= 0.6 is 0 Å². The first kappa shape index (κ1) is 21.8. The summed E-state index contributed by atoms with van der Waals surface area (Å²) in [6.45, 7) is 0.737. The normalized spacial score (nSPS) is 14.3. The number of hydrogen-bond acceptors (Lipinski definition) is 5. The van der Waals surface area contributed by atoms with Gasteiger partial charge in [-0.2, -0.15) is 13.2 Å². The van der Waals surface area contributed by atoms with Crippen molar-refractivity contribution in [3.63, 3.8) is 0 Å². The minimum absolute atomic E-state index is 0.0690. The van der Waals surface area contributed by atoms with Crippen molar-refractivity contribution in [3.8, 4) is 22.6 Å². The Morgan fingerprint density at radius 3 is 2.53 bits per heavy atom. The molecule has 0 radical (unpaired) electrons. The van der Waals surface area contributed by atoms with Gasteiger partial charge in [0, 0.05) is 23.4 Å². The van der Waals surface area contributed by atoms with Crippen molar-refractivity contribution in [1.29, 1.82) is 0 Å². The summed E-state index contributed by atoms with van der Waals surface area (Å²) in [5.41, 5.74) is 4.01. The first-order chi connectivity index (χ1) is 16.3. The maximum atomic E-state index is 14.0. The Morgan fingerprint density at radius 2 is 1.76 bits per heavy atom. The zero-order valence-electron chi connectivity index (χ0n) is 17.7. The van der Waals surface area contributed by atoms with Gasteiger partial charge in [-0.25, -0.2) is 5.48 Å². The summed E-state index contributed by atoms with van der Waals surface area (Å²) in [7, 11) is 0. The smallest absolute Gasteiger partial charge is 0.417 e. The maximum absolute atomic E-state index is 14.0. The molecule has 174 valence electrons. The molecule has 0 atom stereocenters. The number of hydrogen-bond donors (Lipinski definition) is 3. The highest BCUT2D eigenvalue weighted by molar-refractivity contribution is 5.94. The van der Waals surface area contributed by atoms with E-state index in [0.717, 1.165) is 11.6 Å². The van der Waals surface area contributed by atoms with E-state index < -0.39 is 17.6 Å². The van der Waals surface area contributed by atoms with Gasteiger partial charge in [0.15, 0.2) is 11.5 Å². The molecule has 2 aliphatic rings. The molecular formula is C25H19F3N2O4. The van der Waals surface area contributed by atoms with Gasteiger partial charge in [0.05, 0.1) is 5.56 Å². The van der Waals surface area contributed by atoms with Gasteiger partial charge >= 0.3 is 6.18 Å². The summed E-state index contributed by atoms with van der Waals surface area (Å²) < 4.78 is 53.0. The van der Waals surface area contributed by atoms with Crippen molar-refractivity contribution in [3.05, 3.63) is 82.5 Å². The lowest BCUT2D eigenvalue weighted by Gasteiger charge is -2.20. The van der Waals surface area contributed by atoms with E-state index in [0.29, 0.717) is 53.6 Å². The summed E-state index contributed by atoms with van der Waals surface area (Å²) in [6.07, 6.45) is -2.49. The highest BCUT2D eigenvalue weighted by Gasteiger charge is 2.35. The molecule has 0 spiro atoms. The number of halogens is 3. The number of benzene rings is 3. The second kappa shape index (κ2) is 8.42. The van der Waals surface area contributed by atoms with Crippen LogP contribution in [0.1, 0.15) is 27.0 Å². The Labute approximate surface area is 192 Å². The van der Waals surface area contributed by atoms with E-state index in [-0.39, 0.29) is 11.1 Å². The van der Waals surface area contributed by atoms with Gasteiger partial charge in [-0.05, 0) is 70.8 Å². The van der Waals surface area contributed by atoms with E-state index >= 15 is 0 Å². The fraction of sp³-hybridized carbons (Fsp3) is 0.160. The lowest BCUT2D eigenvalue weighted by Crippen LogP contribution is -2.18. The molecule has 3 aromatic rings. The van der Waals surface area contributed by atoms with Crippen molar-refractivity contribution in [2.24, 2.45) is 0 Å². The number of carbonyl (C=O) groups excluding carboxylic acids is 1. The summed E-state index contributed by atoms with van der Waals surface area (Å²) in [4.78, 5) is 11.6. The first-order valence-electron chi connectivity index (χ1n) is 10.5.